The maximum absolute atomic E-state index is 4.17. The quantitative estimate of drug-likeness (QED) is 0.487. The molecule has 0 aromatic carbocycles. The molecule has 0 saturated carbocycles. The standard InChI is InChI=1S/C6H13N2SSi/c1-10(2,3)6-8-5-9-4-7-8/h4-5H,6H2,1-3H3/q+1. The number of hydrogen-bond donors (Lipinski definition) is 0. The van der Waals surface area contributed by atoms with Gasteiger partial charge in [0, 0.05) is 5.10 Å². The Morgan fingerprint density at radius 2 is 2.20 bits per heavy atom. The van der Waals surface area contributed by atoms with E-state index in [-0.39, 0.29) is 0 Å². The third-order valence-corrected chi connectivity index (χ3v) is 2.93. The van der Waals surface area contributed by atoms with E-state index in [2.05, 4.69) is 30.3 Å². The molecule has 0 fully saturated rings. The highest BCUT2D eigenvalue weighted by atomic mass is 32.1. The largest absolute Gasteiger partial charge is 0.252 e. The molecule has 1 rings (SSSR count). The van der Waals surface area contributed by atoms with Gasteiger partial charge in [0.1, 0.15) is 8.07 Å². The topological polar surface area (TPSA) is 16.8 Å². The van der Waals surface area contributed by atoms with Gasteiger partial charge in [0.05, 0.1) is 0 Å². The van der Waals surface area contributed by atoms with Crippen LogP contribution in [-0.2, 0) is 6.17 Å². The average Bonchev–Trinajstić information content (AvgIpc) is 2.12. The van der Waals surface area contributed by atoms with Crippen molar-refractivity contribution >= 4 is 19.4 Å². The van der Waals surface area contributed by atoms with E-state index in [1.807, 2.05) is 10.2 Å². The Morgan fingerprint density at radius 3 is 2.60 bits per heavy atom. The fourth-order valence-electron chi connectivity index (χ4n) is 0.777. The highest BCUT2D eigenvalue weighted by Gasteiger charge is 2.20. The normalized spacial score (nSPS) is 11.9. The second-order valence-electron chi connectivity index (χ2n) is 3.62. The van der Waals surface area contributed by atoms with Crippen molar-refractivity contribution in [2.45, 2.75) is 25.8 Å². The van der Waals surface area contributed by atoms with Crippen LogP contribution < -0.4 is 4.68 Å². The third-order valence-electron chi connectivity index (χ3n) is 1.08. The van der Waals surface area contributed by atoms with Crippen LogP contribution in [0.15, 0.2) is 11.0 Å². The first-order valence-corrected chi connectivity index (χ1v) is 8.01. The van der Waals surface area contributed by atoms with Crippen molar-refractivity contribution in [2.24, 2.45) is 0 Å². The van der Waals surface area contributed by atoms with E-state index >= 15 is 0 Å². The molecule has 0 radical (unpaired) electrons. The average molecular weight is 173 g/mol. The van der Waals surface area contributed by atoms with Crippen molar-refractivity contribution < 1.29 is 4.68 Å². The molecule has 0 unspecified atom stereocenters. The number of hydrogen-bond acceptors (Lipinski definition) is 2. The summed E-state index contributed by atoms with van der Waals surface area (Å²) in [7, 11) is -0.955. The minimum Gasteiger partial charge on any atom is -0.0847 e. The summed E-state index contributed by atoms with van der Waals surface area (Å²) in [5.74, 6) is 0. The van der Waals surface area contributed by atoms with Crippen LogP contribution in [0.25, 0.3) is 0 Å². The molecule has 10 heavy (non-hydrogen) atoms. The molecular formula is C6H13N2SSi+. The zero-order chi connectivity index (χ0) is 7.61. The Labute approximate surface area is 66.5 Å². The summed E-state index contributed by atoms with van der Waals surface area (Å²) in [5, 5.41) is 4.17. The second-order valence-corrected chi connectivity index (χ2v) is 9.75. The number of aromatic nitrogens is 2. The summed E-state index contributed by atoms with van der Waals surface area (Å²) >= 11 is 1.65. The molecule has 1 aromatic rings. The Kier molecular flexibility index (Phi) is 2.20. The van der Waals surface area contributed by atoms with Gasteiger partial charge in [-0.3, -0.25) is 0 Å². The van der Waals surface area contributed by atoms with Gasteiger partial charge in [-0.1, -0.05) is 35.7 Å². The Hall–Kier alpha value is -0.223. The van der Waals surface area contributed by atoms with Crippen LogP contribution in [0.5, 0.6) is 0 Å². The number of rotatable bonds is 2. The molecule has 56 valence electrons. The van der Waals surface area contributed by atoms with Gasteiger partial charge in [-0.2, -0.15) is 0 Å². The van der Waals surface area contributed by atoms with Gasteiger partial charge in [0.2, 0.25) is 0 Å². The molecule has 1 heterocycles. The Balaban J connectivity index is 2.57. The van der Waals surface area contributed by atoms with Crippen LogP contribution in [0, 0.1) is 0 Å². The molecule has 2 nitrogen and oxygen atoms in total. The van der Waals surface area contributed by atoms with Gasteiger partial charge in [0.15, 0.2) is 11.7 Å². The summed E-state index contributed by atoms with van der Waals surface area (Å²) in [5.41, 5.74) is 3.94. The summed E-state index contributed by atoms with van der Waals surface area (Å²) in [4.78, 5) is 0. The van der Waals surface area contributed by atoms with Gasteiger partial charge >= 0.3 is 0 Å². The van der Waals surface area contributed by atoms with Gasteiger partial charge < -0.3 is 0 Å². The lowest BCUT2D eigenvalue weighted by molar-refractivity contribution is -0.734. The van der Waals surface area contributed by atoms with Crippen LogP contribution in [0.4, 0.5) is 0 Å². The first-order valence-electron chi connectivity index (χ1n) is 3.36. The maximum atomic E-state index is 4.17. The highest BCUT2D eigenvalue weighted by molar-refractivity contribution is 7.06. The lowest BCUT2D eigenvalue weighted by Gasteiger charge is -2.06. The molecule has 0 bridgehead atoms. The Bertz CT molecular complexity index is 190. The van der Waals surface area contributed by atoms with Gasteiger partial charge in [-0.05, 0) is 0 Å². The van der Waals surface area contributed by atoms with E-state index in [9.17, 15) is 0 Å². The molecule has 0 saturated heterocycles. The number of nitrogens with zero attached hydrogens (tertiary/aromatic N) is 2. The first kappa shape index (κ1) is 7.88. The third kappa shape index (κ3) is 2.58. The van der Waals surface area contributed by atoms with Crippen LogP contribution in [0.2, 0.25) is 19.6 Å². The van der Waals surface area contributed by atoms with Crippen molar-refractivity contribution in [2.75, 3.05) is 0 Å². The minimum absolute atomic E-state index is 0.955. The van der Waals surface area contributed by atoms with Crippen molar-refractivity contribution in [3.05, 3.63) is 11.0 Å². The summed E-state index contributed by atoms with van der Waals surface area (Å²) < 4.78 is 2.04. The van der Waals surface area contributed by atoms with Crippen molar-refractivity contribution in [3.8, 4) is 0 Å². The zero-order valence-electron chi connectivity index (χ0n) is 6.66. The molecule has 0 atom stereocenters. The highest BCUT2D eigenvalue weighted by Crippen LogP contribution is 1.99. The smallest absolute Gasteiger partial charge is 0.0847 e. The van der Waals surface area contributed by atoms with E-state index < -0.39 is 8.07 Å². The fraction of sp³-hybridized carbons (Fsp3) is 0.667. The van der Waals surface area contributed by atoms with E-state index in [4.69, 9.17) is 0 Å². The maximum Gasteiger partial charge on any atom is 0.252 e. The molecule has 1 aromatic heterocycles. The second kappa shape index (κ2) is 2.80. The molecule has 0 spiro atoms. The van der Waals surface area contributed by atoms with E-state index in [1.54, 1.807) is 11.3 Å². The Morgan fingerprint density at radius 1 is 1.50 bits per heavy atom. The zero-order valence-corrected chi connectivity index (χ0v) is 8.48. The molecule has 4 heteroatoms. The predicted molar refractivity (Wildman–Crippen MR) is 45.7 cm³/mol. The summed E-state index contributed by atoms with van der Waals surface area (Å²) in [6.45, 7) is 7.04. The molecule has 0 N–H and O–H groups in total. The van der Waals surface area contributed by atoms with Crippen LogP contribution in [0.1, 0.15) is 0 Å². The van der Waals surface area contributed by atoms with Gasteiger partial charge in [0.25, 0.3) is 5.51 Å². The first-order chi connectivity index (χ1) is 4.58. The molecular weight excluding hydrogens is 160 g/mol. The van der Waals surface area contributed by atoms with E-state index in [0.29, 0.717) is 0 Å². The lowest BCUT2D eigenvalue weighted by Crippen LogP contribution is -2.46. The fourth-order valence-corrected chi connectivity index (χ4v) is 2.55. The molecule has 0 amide bonds. The van der Waals surface area contributed by atoms with Crippen molar-refractivity contribution in [1.29, 1.82) is 0 Å². The van der Waals surface area contributed by atoms with Crippen molar-refractivity contribution in [3.63, 3.8) is 0 Å². The van der Waals surface area contributed by atoms with E-state index in [0.717, 1.165) is 6.17 Å². The van der Waals surface area contributed by atoms with Gasteiger partial charge in [-0.25, -0.2) is 0 Å². The molecule has 0 aliphatic rings. The summed E-state index contributed by atoms with van der Waals surface area (Å²) in [6, 6.07) is 0. The van der Waals surface area contributed by atoms with Gasteiger partial charge in [-0.15, -0.1) is 0 Å². The molecule has 0 aliphatic heterocycles. The SMILES string of the molecule is C[Si](C)(C)C[n+]1cscn1. The van der Waals surface area contributed by atoms with Crippen LogP contribution >= 0.6 is 11.3 Å². The van der Waals surface area contributed by atoms with Crippen LogP contribution in [0.3, 0.4) is 0 Å². The van der Waals surface area contributed by atoms with Crippen molar-refractivity contribution in [1.82, 2.24) is 5.10 Å². The molecule has 0 aliphatic carbocycles. The lowest BCUT2D eigenvalue weighted by atomic mass is 11.3. The monoisotopic (exact) mass is 173 g/mol. The van der Waals surface area contributed by atoms with Crippen LogP contribution in [-0.4, -0.2) is 13.2 Å². The van der Waals surface area contributed by atoms with E-state index in [1.165, 1.54) is 0 Å². The predicted octanol–water partition coefficient (Wildman–Crippen LogP) is 1.31. The summed E-state index contributed by atoms with van der Waals surface area (Å²) in [6.07, 6.45) is 1.14. The minimum atomic E-state index is -0.955.